The molecule has 0 aliphatic carbocycles. The third-order valence-electron chi connectivity index (χ3n) is 4.57. The molecule has 3 rings (SSSR count). The number of hydrogen-bond donors (Lipinski definition) is 1. The SMILES string of the molecule is CC1CC(c2ccc(NC(=O)c3ccccc3)cc2)=CN(C(=O)OC(C)(C)C)C1. The summed E-state index contributed by atoms with van der Waals surface area (Å²) in [6.07, 6.45) is 2.44. The van der Waals surface area contributed by atoms with Gasteiger partial charge in [-0.25, -0.2) is 4.79 Å². The molecule has 0 saturated carbocycles. The Morgan fingerprint density at radius 3 is 2.31 bits per heavy atom. The van der Waals surface area contributed by atoms with E-state index in [0.717, 1.165) is 23.2 Å². The lowest BCUT2D eigenvalue weighted by molar-refractivity contribution is 0.0308. The second-order valence-corrected chi connectivity index (χ2v) is 8.49. The van der Waals surface area contributed by atoms with E-state index in [9.17, 15) is 9.59 Å². The smallest absolute Gasteiger partial charge is 0.414 e. The number of amides is 2. The third-order valence-corrected chi connectivity index (χ3v) is 4.57. The molecule has 0 fully saturated rings. The van der Waals surface area contributed by atoms with Crippen LogP contribution in [0.4, 0.5) is 10.5 Å². The van der Waals surface area contributed by atoms with Gasteiger partial charge in [0.05, 0.1) is 0 Å². The zero-order chi connectivity index (χ0) is 21.0. The van der Waals surface area contributed by atoms with E-state index in [4.69, 9.17) is 4.74 Å². The van der Waals surface area contributed by atoms with Gasteiger partial charge in [0.1, 0.15) is 5.60 Å². The standard InChI is InChI=1S/C24H28N2O3/c1-17-14-20(16-26(15-17)23(28)29-24(2,3)4)18-10-12-21(13-11-18)25-22(27)19-8-6-5-7-9-19/h5-13,16-17H,14-15H2,1-4H3,(H,25,27). The number of hydrogen-bond acceptors (Lipinski definition) is 3. The molecule has 1 aliphatic rings. The van der Waals surface area contributed by atoms with E-state index in [-0.39, 0.29) is 12.0 Å². The van der Waals surface area contributed by atoms with Crippen LogP contribution in [-0.4, -0.2) is 29.0 Å². The zero-order valence-corrected chi connectivity index (χ0v) is 17.4. The summed E-state index contributed by atoms with van der Waals surface area (Å²) in [5, 5.41) is 2.91. The van der Waals surface area contributed by atoms with Crippen LogP contribution in [0.1, 0.15) is 50.0 Å². The molecule has 0 bridgehead atoms. The summed E-state index contributed by atoms with van der Waals surface area (Å²) in [6, 6.07) is 16.8. The fourth-order valence-corrected chi connectivity index (χ4v) is 3.27. The second kappa shape index (κ2) is 8.52. The minimum Gasteiger partial charge on any atom is -0.443 e. The van der Waals surface area contributed by atoms with Crippen LogP contribution in [0.25, 0.3) is 5.57 Å². The molecule has 29 heavy (non-hydrogen) atoms. The molecule has 1 heterocycles. The molecule has 2 aromatic rings. The highest BCUT2D eigenvalue weighted by Gasteiger charge is 2.26. The Hall–Kier alpha value is -3.08. The number of benzene rings is 2. The summed E-state index contributed by atoms with van der Waals surface area (Å²) in [7, 11) is 0. The number of carbonyl (C=O) groups is 2. The first-order valence-corrected chi connectivity index (χ1v) is 9.88. The number of nitrogens with one attached hydrogen (secondary N) is 1. The Balaban J connectivity index is 1.72. The summed E-state index contributed by atoms with van der Waals surface area (Å²) < 4.78 is 5.51. The maximum absolute atomic E-state index is 12.5. The van der Waals surface area contributed by atoms with Crippen LogP contribution in [0.5, 0.6) is 0 Å². The van der Waals surface area contributed by atoms with E-state index < -0.39 is 5.60 Å². The van der Waals surface area contributed by atoms with Crippen molar-refractivity contribution in [3.05, 3.63) is 71.9 Å². The van der Waals surface area contributed by atoms with Crippen molar-refractivity contribution in [3.8, 4) is 0 Å². The van der Waals surface area contributed by atoms with Crippen LogP contribution in [0.3, 0.4) is 0 Å². The van der Waals surface area contributed by atoms with Gasteiger partial charge in [0.2, 0.25) is 0 Å². The summed E-state index contributed by atoms with van der Waals surface area (Å²) in [5.41, 5.74) is 2.94. The molecule has 0 saturated heterocycles. The van der Waals surface area contributed by atoms with E-state index in [1.54, 1.807) is 17.0 Å². The Labute approximate surface area is 172 Å². The zero-order valence-electron chi connectivity index (χ0n) is 17.4. The van der Waals surface area contributed by atoms with Crippen molar-refractivity contribution in [2.75, 3.05) is 11.9 Å². The maximum atomic E-state index is 12.5. The third kappa shape index (κ3) is 5.70. The second-order valence-electron chi connectivity index (χ2n) is 8.49. The highest BCUT2D eigenvalue weighted by Crippen LogP contribution is 2.30. The van der Waals surface area contributed by atoms with Crippen molar-refractivity contribution < 1.29 is 14.3 Å². The van der Waals surface area contributed by atoms with Crippen LogP contribution in [0.15, 0.2) is 60.8 Å². The van der Waals surface area contributed by atoms with Crippen molar-refractivity contribution in [2.24, 2.45) is 5.92 Å². The molecule has 0 spiro atoms. The fourth-order valence-electron chi connectivity index (χ4n) is 3.27. The van der Waals surface area contributed by atoms with E-state index in [1.165, 1.54) is 0 Å². The summed E-state index contributed by atoms with van der Waals surface area (Å²) in [6.45, 7) is 8.37. The molecule has 2 amide bonds. The largest absolute Gasteiger partial charge is 0.443 e. The first-order chi connectivity index (χ1) is 13.7. The minimum atomic E-state index is -0.523. The monoisotopic (exact) mass is 392 g/mol. The van der Waals surface area contributed by atoms with Gasteiger partial charge in [-0.3, -0.25) is 9.69 Å². The molecule has 2 aromatic carbocycles. The number of rotatable bonds is 3. The van der Waals surface area contributed by atoms with Crippen molar-refractivity contribution >= 4 is 23.3 Å². The number of nitrogens with zero attached hydrogens (tertiary/aromatic N) is 1. The number of ether oxygens (including phenoxy) is 1. The van der Waals surface area contributed by atoms with Gasteiger partial charge in [-0.05, 0) is 68.5 Å². The lowest BCUT2D eigenvalue weighted by Crippen LogP contribution is -2.37. The summed E-state index contributed by atoms with van der Waals surface area (Å²) >= 11 is 0. The quantitative estimate of drug-likeness (QED) is 0.744. The number of anilines is 1. The van der Waals surface area contributed by atoms with Gasteiger partial charge in [-0.1, -0.05) is 37.3 Å². The first-order valence-electron chi connectivity index (χ1n) is 9.88. The van der Waals surface area contributed by atoms with Gasteiger partial charge in [0, 0.05) is 24.0 Å². The summed E-state index contributed by atoms with van der Waals surface area (Å²) in [4.78, 5) is 26.4. The molecule has 152 valence electrons. The van der Waals surface area contributed by atoms with Crippen molar-refractivity contribution in [3.63, 3.8) is 0 Å². The number of allylic oxidation sites excluding steroid dienone is 1. The minimum absolute atomic E-state index is 0.139. The predicted octanol–water partition coefficient (Wildman–Crippen LogP) is 5.56. The Morgan fingerprint density at radius 2 is 1.69 bits per heavy atom. The van der Waals surface area contributed by atoms with Crippen molar-refractivity contribution in [2.45, 2.75) is 39.7 Å². The van der Waals surface area contributed by atoms with E-state index in [2.05, 4.69) is 12.2 Å². The Bertz CT molecular complexity index is 896. The first kappa shape index (κ1) is 20.6. The summed E-state index contributed by atoms with van der Waals surface area (Å²) in [5.74, 6) is 0.194. The van der Waals surface area contributed by atoms with Gasteiger partial charge in [-0.2, -0.15) is 0 Å². The average molecular weight is 392 g/mol. The molecule has 5 heteroatoms. The highest BCUT2D eigenvalue weighted by molar-refractivity contribution is 6.04. The van der Waals surface area contributed by atoms with Gasteiger partial charge in [-0.15, -0.1) is 0 Å². The molecule has 1 aliphatic heterocycles. The van der Waals surface area contributed by atoms with Crippen LogP contribution < -0.4 is 5.32 Å². The molecular weight excluding hydrogens is 364 g/mol. The van der Waals surface area contributed by atoms with Crippen LogP contribution in [0.2, 0.25) is 0 Å². The lowest BCUT2D eigenvalue weighted by atomic mass is 9.92. The Morgan fingerprint density at radius 1 is 1.03 bits per heavy atom. The Kier molecular flexibility index (Phi) is 6.06. The van der Waals surface area contributed by atoms with Crippen LogP contribution >= 0.6 is 0 Å². The molecule has 1 unspecified atom stereocenters. The van der Waals surface area contributed by atoms with E-state index in [0.29, 0.717) is 18.0 Å². The fraction of sp³-hybridized carbons (Fsp3) is 0.333. The van der Waals surface area contributed by atoms with Gasteiger partial charge >= 0.3 is 6.09 Å². The predicted molar refractivity (Wildman–Crippen MR) is 116 cm³/mol. The maximum Gasteiger partial charge on any atom is 0.414 e. The normalized spacial score (nSPS) is 16.8. The highest BCUT2D eigenvalue weighted by atomic mass is 16.6. The number of carbonyl (C=O) groups excluding carboxylic acids is 2. The molecule has 0 aromatic heterocycles. The lowest BCUT2D eigenvalue weighted by Gasteiger charge is -2.31. The molecule has 5 nitrogen and oxygen atoms in total. The van der Waals surface area contributed by atoms with E-state index >= 15 is 0 Å². The molecule has 0 radical (unpaired) electrons. The van der Waals surface area contributed by atoms with Gasteiger partial charge in [0.15, 0.2) is 0 Å². The molecule has 1 N–H and O–H groups in total. The van der Waals surface area contributed by atoms with Gasteiger partial charge in [0.25, 0.3) is 5.91 Å². The van der Waals surface area contributed by atoms with Crippen molar-refractivity contribution in [1.82, 2.24) is 4.90 Å². The topological polar surface area (TPSA) is 58.6 Å². The van der Waals surface area contributed by atoms with Crippen LogP contribution in [-0.2, 0) is 4.74 Å². The molecular formula is C24H28N2O3. The average Bonchev–Trinajstić information content (AvgIpc) is 2.67. The van der Waals surface area contributed by atoms with Crippen LogP contribution in [0, 0.1) is 5.92 Å². The molecule has 1 atom stereocenters. The van der Waals surface area contributed by atoms with Crippen molar-refractivity contribution in [1.29, 1.82) is 0 Å². The van der Waals surface area contributed by atoms with Gasteiger partial charge < -0.3 is 10.1 Å². The van der Waals surface area contributed by atoms with E-state index in [1.807, 2.05) is 69.4 Å².